The van der Waals surface area contributed by atoms with Crippen molar-refractivity contribution in [3.63, 3.8) is 0 Å². The zero-order valence-corrected chi connectivity index (χ0v) is 13.0. The van der Waals surface area contributed by atoms with Crippen LogP contribution in [0.5, 0.6) is 0 Å². The highest BCUT2D eigenvalue weighted by molar-refractivity contribution is 7.99. The molecule has 0 aromatic heterocycles. The van der Waals surface area contributed by atoms with E-state index in [9.17, 15) is 4.79 Å². The third-order valence-electron chi connectivity index (χ3n) is 2.51. The van der Waals surface area contributed by atoms with Crippen LogP contribution in [0.25, 0.3) is 0 Å². The van der Waals surface area contributed by atoms with E-state index in [1.807, 2.05) is 13.0 Å². The number of hydrogen-bond acceptors (Lipinski definition) is 3. The van der Waals surface area contributed by atoms with E-state index in [1.54, 1.807) is 23.9 Å². The zero-order valence-electron chi connectivity index (χ0n) is 10.7. The first-order valence-electron chi connectivity index (χ1n) is 6.08. The fourth-order valence-electron chi connectivity index (χ4n) is 1.49. The quantitative estimate of drug-likeness (QED) is 0.712. The first kappa shape index (κ1) is 16.6. The van der Waals surface area contributed by atoms with E-state index in [2.05, 4.69) is 5.32 Å². The van der Waals surface area contributed by atoms with E-state index >= 15 is 0 Å². The Hall–Kier alpha value is -0.420. The Labute approximate surface area is 127 Å². The monoisotopic (exact) mass is 321 g/mol. The fourth-order valence-corrected chi connectivity index (χ4v) is 2.81. The van der Waals surface area contributed by atoms with E-state index in [-0.39, 0.29) is 0 Å². The van der Waals surface area contributed by atoms with Crippen LogP contribution in [0.3, 0.4) is 0 Å². The van der Waals surface area contributed by atoms with Gasteiger partial charge in [-0.15, -0.1) is 11.8 Å². The standard InChI is InChI=1S/C13H17Cl2NO2S/c1-2-6-16-12(13(17)18)5-7-19-9-3-4-10(14)11(15)8-9/h3-4,8,12,16H,2,5-7H2,1H3,(H,17,18). The highest BCUT2D eigenvalue weighted by atomic mass is 35.5. The van der Waals surface area contributed by atoms with Gasteiger partial charge in [-0.3, -0.25) is 4.79 Å². The molecule has 1 aromatic carbocycles. The molecule has 106 valence electrons. The van der Waals surface area contributed by atoms with Crippen LogP contribution in [0.1, 0.15) is 19.8 Å². The Bertz CT molecular complexity index is 429. The number of carboxylic acids is 1. The van der Waals surface area contributed by atoms with Gasteiger partial charge in [0.25, 0.3) is 0 Å². The summed E-state index contributed by atoms with van der Waals surface area (Å²) >= 11 is 13.3. The van der Waals surface area contributed by atoms with Gasteiger partial charge in [0.05, 0.1) is 10.0 Å². The Kier molecular flexibility index (Phi) is 7.61. The number of carbonyl (C=O) groups is 1. The molecule has 1 unspecified atom stereocenters. The van der Waals surface area contributed by atoms with Gasteiger partial charge >= 0.3 is 5.97 Å². The van der Waals surface area contributed by atoms with Crippen LogP contribution in [0.15, 0.2) is 23.1 Å². The van der Waals surface area contributed by atoms with Gasteiger partial charge in [0.1, 0.15) is 6.04 Å². The maximum Gasteiger partial charge on any atom is 0.320 e. The van der Waals surface area contributed by atoms with Gasteiger partial charge in [-0.25, -0.2) is 0 Å². The van der Waals surface area contributed by atoms with Crippen LogP contribution in [-0.4, -0.2) is 29.4 Å². The average Bonchev–Trinajstić information content (AvgIpc) is 2.37. The number of hydrogen-bond donors (Lipinski definition) is 2. The highest BCUT2D eigenvalue weighted by Crippen LogP contribution is 2.28. The van der Waals surface area contributed by atoms with Crippen molar-refractivity contribution < 1.29 is 9.90 Å². The minimum absolute atomic E-state index is 0.491. The minimum atomic E-state index is -0.803. The van der Waals surface area contributed by atoms with Gasteiger partial charge < -0.3 is 10.4 Å². The lowest BCUT2D eigenvalue weighted by atomic mass is 10.2. The summed E-state index contributed by atoms with van der Waals surface area (Å²) in [4.78, 5) is 12.0. The number of benzene rings is 1. The smallest absolute Gasteiger partial charge is 0.320 e. The Morgan fingerprint density at radius 3 is 2.74 bits per heavy atom. The van der Waals surface area contributed by atoms with E-state index < -0.39 is 12.0 Å². The summed E-state index contributed by atoms with van der Waals surface area (Å²) in [5, 5.41) is 13.1. The fraction of sp³-hybridized carbons (Fsp3) is 0.462. The van der Waals surface area contributed by atoms with Crippen molar-refractivity contribution in [1.29, 1.82) is 0 Å². The van der Waals surface area contributed by atoms with Crippen molar-refractivity contribution >= 4 is 40.9 Å². The normalized spacial score (nSPS) is 12.4. The summed E-state index contributed by atoms with van der Waals surface area (Å²) in [6.07, 6.45) is 1.49. The second kappa shape index (κ2) is 8.69. The molecule has 19 heavy (non-hydrogen) atoms. The molecule has 3 nitrogen and oxygen atoms in total. The molecule has 0 radical (unpaired) electrons. The third kappa shape index (κ3) is 6.04. The minimum Gasteiger partial charge on any atom is -0.480 e. The predicted octanol–water partition coefficient (Wildman–Crippen LogP) is 3.93. The van der Waals surface area contributed by atoms with Gasteiger partial charge in [-0.05, 0) is 37.6 Å². The molecule has 0 spiro atoms. The maximum atomic E-state index is 11.0. The number of thioether (sulfide) groups is 1. The lowest BCUT2D eigenvalue weighted by Gasteiger charge is -2.13. The molecular weight excluding hydrogens is 305 g/mol. The van der Waals surface area contributed by atoms with E-state index in [4.69, 9.17) is 28.3 Å². The van der Waals surface area contributed by atoms with Crippen molar-refractivity contribution in [3.05, 3.63) is 28.2 Å². The topological polar surface area (TPSA) is 49.3 Å². The van der Waals surface area contributed by atoms with Gasteiger partial charge in [0, 0.05) is 10.6 Å². The van der Waals surface area contributed by atoms with Crippen LogP contribution < -0.4 is 5.32 Å². The molecule has 2 N–H and O–H groups in total. The first-order chi connectivity index (χ1) is 9.04. The van der Waals surface area contributed by atoms with Gasteiger partial charge in [0.2, 0.25) is 0 Å². The van der Waals surface area contributed by atoms with Crippen LogP contribution in [0.2, 0.25) is 10.0 Å². The molecule has 0 aliphatic heterocycles. The molecule has 0 amide bonds. The SMILES string of the molecule is CCCNC(CCSc1ccc(Cl)c(Cl)c1)C(=O)O. The number of rotatable bonds is 8. The molecular formula is C13H17Cl2NO2S. The van der Waals surface area contributed by atoms with Gasteiger partial charge in [-0.1, -0.05) is 30.1 Å². The van der Waals surface area contributed by atoms with E-state index in [0.717, 1.165) is 11.3 Å². The molecule has 0 saturated heterocycles. The number of halogens is 2. The van der Waals surface area contributed by atoms with Crippen molar-refractivity contribution in [2.45, 2.75) is 30.7 Å². The largest absolute Gasteiger partial charge is 0.480 e. The Morgan fingerprint density at radius 1 is 1.42 bits per heavy atom. The molecule has 1 rings (SSSR count). The second-order valence-electron chi connectivity index (χ2n) is 4.06. The van der Waals surface area contributed by atoms with Crippen LogP contribution in [-0.2, 0) is 4.79 Å². The van der Waals surface area contributed by atoms with Crippen molar-refractivity contribution in [1.82, 2.24) is 5.32 Å². The summed E-state index contributed by atoms with van der Waals surface area (Å²) in [6, 6.07) is 4.93. The second-order valence-corrected chi connectivity index (χ2v) is 6.04. The van der Waals surface area contributed by atoms with Gasteiger partial charge in [-0.2, -0.15) is 0 Å². The lowest BCUT2D eigenvalue weighted by molar-refractivity contribution is -0.139. The molecule has 0 aliphatic rings. The maximum absolute atomic E-state index is 11.0. The molecule has 1 atom stereocenters. The zero-order chi connectivity index (χ0) is 14.3. The number of aliphatic carboxylic acids is 1. The average molecular weight is 322 g/mol. The summed E-state index contributed by atoms with van der Waals surface area (Å²) in [6.45, 7) is 2.73. The highest BCUT2D eigenvalue weighted by Gasteiger charge is 2.15. The molecule has 6 heteroatoms. The Morgan fingerprint density at radius 2 is 2.16 bits per heavy atom. The third-order valence-corrected chi connectivity index (χ3v) is 4.27. The van der Waals surface area contributed by atoms with Crippen LogP contribution in [0, 0.1) is 0 Å². The van der Waals surface area contributed by atoms with Gasteiger partial charge in [0.15, 0.2) is 0 Å². The number of nitrogens with one attached hydrogen (secondary N) is 1. The first-order valence-corrected chi connectivity index (χ1v) is 7.82. The molecule has 0 fully saturated rings. The van der Waals surface area contributed by atoms with E-state index in [1.165, 1.54) is 0 Å². The van der Waals surface area contributed by atoms with Crippen LogP contribution >= 0.6 is 35.0 Å². The summed E-state index contributed by atoms with van der Waals surface area (Å²) in [7, 11) is 0. The summed E-state index contributed by atoms with van der Waals surface area (Å²) < 4.78 is 0. The molecule has 0 saturated carbocycles. The van der Waals surface area contributed by atoms with E-state index in [0.29, 0.717) is 28.8 Å². The lowest BCUT2D eigenvalue weighted by Crippen LogP contribution is -2.37. The molecule has 1 aromatic rings. The molecule has 0 bridgehead atoms. The number of carboxylic acid groups (broad SMARTS) is 1. The molecule has 0 heterocycles. The van der Waals surface area contributed by atoms with Crippen LogP contribution in [0.4, 0.5) is 0 Å². The summed E-state index contributed by atoms with van der Waals surface area (Å²) in [5.41, 5.74) is 0. The predicted molar refractivity (Wildman–Crippen MR) is 81.5 cm³/mol. The van der Waals surface area contributed by atoms with Crippen molar-refractivity contribution in [2.24, 2.45) is 0 Å². The van der Waals surface area contributed by atoms with Crippen molar-refractivity contribution in [2.75, 3.05) is 12.3 Å². The molecule has 0 aliphatic carbocycles. The Balaban J connectivity index is 2.42. The van der Waals surface area contributed by atoms with Crippen molar-refractivity contribution in [3.8, 4) is 0 Å². The summed E-state index contributed by atoms with van der Waals surface area (Å²) in [5.74, 6) is -0.0887.